The second-order valence-corrected chi connectivity index (χ2v) is 7.26. The molecule has 4 amide bonds. The maximum absolute atomic E-state index is 12.7. The molecule has 1 aromatic rings. The van der Waals surface area contributed by atoms with Crippen LogP contribution >= 0.6 is 11.6 Å². The lowest BCUT2D eigenvalue weighted by Crippen LogP contribution is -2.56. The first kappa shape index (κ1) is 15.4. The van der Waals surface area contributed by atoms with E-state index >= 15 is 0 Å². The third-order valence-corrected chi connectivity index (χ3v) is 5.56. The summed E-state index contributed by atoms with van der Waals surface area (Å²) in [6, 6.07) is 7.22. The topological polar surface area (TPSA) is 78.5 Å². The number of carbonyl (C=O) groups excluding carboxylic acids is 3. The fourth-order valence-electron chi connectivity index (χ4n) is 3.80. The lowest BCUT2D eigenvalue weighted by Gasteiger charge is -2.37. The lowest BCUT2D eigenvalue weighted by atomic mass is 9.87. The van der Waals surface area contributed by atoms with E-state index in [0.717, 1.165) is 12.0 Å². The number of piperidine rings is 1. The van der Waals surface area contributed by atoms with E-state index in [1.807, 2.05) is 29.2 Å². The molecular formula is C17H18ClN3O3. The molecular weight excluding hydrogens is 330 g/mol. The molecule has 7 heteroatoms. The van der Waals surface area contributed by atoms with Crippen molar-refractivity contribution in [2.75, 3.05) is 13.1 Å². The average molecular weight is 348 g/mol. The number of likely N-dealkylation sites (tertiary alicyclic amines) is 1. The summed E-state index contributed by atoms with van der Waals surface area (Å²) in [5.74, 6) is 0.105. The fourth-order valence-corrected chi connectivity index (χ4v) is 4.00. The van der Waals surface area contributed by atoms with Crippen molar-refractivity contribution >= 4 is 29.4 Å². The first-order valence-corrected chi connectivity index (χ1v) is 8.54. The van der Waals surface area contributed by atoms with Gasteiger partial charge in [0.25, 0.3) is 5.91 Å². The van der Waals surface area contributed by atoms with Gasteiger partial charge in [0.05, 0.1) is 0 Å². The van der Waals surface area contributed by atoms with Gasteiger partial charge in [-0.1, -0.05) is 23.7 Å². The fraction of sp³-hybridized carbons (Fsp3) is 0.471. The van der Waals surface area contributed by atoms with Gasteiger partial charge in [-0.25, -0.2) is 4.79 Å². The Kier molecular flexibility index (Phi) is 3.53. The third kappa shape index (κ3) is 2.55. The molecule has 2 heterocycles. The molecule has 4 rings (SSSR count). The number of halogens is 1. The van der Waals surface area contributed by atoms with Crippen LogP contribution in [0, 0.1) is 5.92 Å². The van der Waals surface area contributed by atoms with Crippen molar-refractivity contribution in [1.29, 1.82) is 0 Å². The van der Waals surface area contributed by atoms with E-state index in [1.165, 1.54) is 0 Å². The third-order valence-electron chi connectivity index (χ3n) is 5.33. The highest BCUT2D eigenvalue weighted by atomic mass is 35.5. The maximum Gasteiger partial charge on any atom is 0.322 e. The monoisotopic (exact) mass is 347 g/mol. The Morgan fingerprint density at radius 1 is 1.25 bits per heavy atom. The number of hydrogen-bond donors (Lipinski definition) is 2. The molecule has 126 valence electrons. The van der Waals surface area contributed by atoms with Gasteiger partial charge in [-0.3, -0.25) is 14.9 Å². The van der Waals surface area contributed by atoms with Gasteiger partial charge in [0.2, 0.25) is 5.91 Å². The minimum Gasteiger partial charge on any atom is -0.342 e. The second-order valence-electron chi connectivity index (χ2n) is 6.82. The minimum absolute atomic E-state index is 0.00418. The molecule has 2 N–H and O–H groups in total. The molecule has 1 aromatic carbocycles. The Bertz CT molecular complexity index is 728. The number of nitrogens with one attached hydrogen (secondary N) is 2. The number of urea groups is 1. The van der Waals surface area contributed by atoms with E-state index in [1.54, 1.807) is 0 Å². The standard InChI is InChI=1S/C17H18ClN3O3/c18-11-3-1-2-10(8-11)12-9-13(12)14(22)21-6-4-17(5-7-21)15(23)19-16(24)20-17/h1-3,8,12-13H,4-7,9H2,(H2,19,20,23,24)/t12-,13-/m1/s1. The summed E-state index contributed by atoms with van der Waals surface area (Å²) < 4.78 is 0. The summed E-state index contributed by atoms with van der Waals surface area (Å²) in [5.41, 5.74) is 0.279. The highest BCUT2D eigenvalue weighted by Crippen LogP contribution is 2.49. The molecule has 0 bridgehead atoms. The quantitative estimate of drug-likeness (QED) is 0.798. The second kappa shape index (κ2) is 5.48. The number of rotatable bonds is 2. The predicted octanol–water partition coefficient (Wildman–Crippen LogP) is 1.64. The van der Waals surface area contributed by atoms with Crippen molar-refractivity contribution in [2.45, 2.75) is 30.7 Å². The van der Waals surface area contributed by atoms with Gasteiger partial charge in [-0.05, 0) is 42.9 Å². The van der Waals surface area contributed by atoms with Crippen molar-refractivity contribution in [3.63, 3.8) is 0 Å². The number of carbonyl (C=O) groups is 3. The number of benzene rings is 1. The summed E-state index contributed by atoms with van der Waals surface area (Å²) >= 11 is 6.02. The van der Waals surface area contributed by atoms with Crippen LogP contribution in [0.5, 0.6) is 0 Å². The van der Waals surface area contributed by atoms with Gasteiger partial charge in [0.1, 0.15) is 5.54 Å². The first-order chi connectivity index (χ1) is 11.5. The van der Waals surface area contributed by atoms with Crippen LogP contribution in [-0.4, -0.2) is 41.4 Å². The number of imide groups is 1. The largest absolute Gasteiger partial charge is 0.342 e. The summed E-state index contributed by atoms with van der Waals surface area (Å²) in [6.07, 6.45) is 1.77. The molecule has 3 aliphatic rings. The summed E-state index contributed by atoms with van der Waals surface area (Å²) in [4.78, 5) is 37.8. The van der Waals surface area contributed by atoms with Crippen LogP contribution in [-0.2, 0) is 9.59 Å². The molecule has 1 saturated carbocycles. The minimum atomic E-state index is -0.830. The van der Waals surface area contributed by atoms with Crippen molar-refractivity contribution in [2.24, 2.45) is 5.92 Å². The molecule has 1 spiro atoms. The zero-order chi connectivity index (χ0) is 16.9. The smallest absolute Gasteiger partial charge is 0.322 e. The Morgan fingerprint density at radius 2 is 2.00 bits per heavy atom. The molecule has 3 fully saturated rings. The predicted molar refractivity (Wildman–Crippen MR) is 87.5 cm³/mol. The highest BCUT2D eigenvalue weighted by Gasteiger charge is 2.51. The lowest BCUT2D eigenvalue weighted by molar-refractivity contribution is -0.137. The van der Waals surface area contributed by atoms with Crippen molar-refractivity contribution < 1.29 is 14.4 Å². The molecule has 24 heavy (non-hydrogen) atoms. The van der Waals surface area contributed by atoms with Gasteiger partial charge < -0.3 is 10.2 Å². The molecule has 2 saturated heterocycles. The Balaban J connectivity index is 1.38. The summed E-state index contributed by atoms with van der Waals surface area (Å²) in [6.45, 7) is 0.983. The first-order valence-electron chi connectivity index (χ1n) is 8.16. The van der Waals surface area contributed by atoms with Gasteiger partial charge in [0.15, 0.2) is 0 Å². The van der Waals surface area contributed by atoms with Crippen molar-refractivity contribution in [3.8, 4) is 0 Å². The zero-order valence-corrected chi connectivity index (χ0v) is 13.8. The SMILES string of the molecule is O=C1NC(=O)C2(CCN(C(=O)[C@@H]3C[C@@H]3c3cccc(Cl)c3)CC2)N1. The van der Waals surface area contributed by atoms with Crippen LogP contribution in [0.15, 0.2) is 24.3 Å². The van der Waals surface area contributed by atoms with E-state index in [2.05, 4.69) is 10.6 Å². The molecule has 0 unspecified atom stereocenters. The molecule has 2 atom stereocenters. The highest BCUT2D eigenvalue weighted by molar-refractivity contribution is 6.30. The molecule has 6 nitrogen and oxygen atoms in total. The van der Waals surface area contributed by atoms with E-state index < -0.39 is 11.6 Å². The Hall–Kier alpha value is -2.08. The number of amides is 4. The number of nitrogens with zero attached hydrogens (tertiary/aromatic N) is 1. The van der Waals surface area contributed by atoms with Crippen LogP contribution in [0.1, 0.15) is 30.7 Å². The molecule has 0 radical (unpaired) electrons. The summed E-state index contributed by atoms with van der Waals surface area (Å²) in [7, 11) is 0. The van der Waals surface area contributed by atoms with Crippen LogP contribution < -0.4 is 10.6 Å². The zero-order valence-electron chi connectivity index (χ0n) is 13.0. The van der Waals surface area contributed by atoms with Gasteiger partial charge in [-0.15, -0.1) is 0 Å². The maximum atomic E-state index is 12.7. The van der Waals surface area contributed by atoms with Crippen molar-refractivity contribution in [1.82, 2.24) is 15.5 Å². The van der Waals surface area contributed by atoms with E-state index in [-0.39, 0.29) is 23.7 Å². The Morgan fingerprint density at radius 3 is 2.62 bits per heavy atom. The van der Waals surface area contributed by atoms with Crippen molar-refractivity contribution in [3.05, 3.63) is 34.9 Å². The molecule has 2 aliphatic heterocycles. The average Bonchev–Trinajstić information content (AvgIpc) is 3.30. The van der Waals surface area contributed by atoms with Crippen LogP contribution in [0.2, 0.25) is 5.02 Å². The molecule has 1 aliphatic carbocycles. The van der Waals surface area contributed by atoms with Gasteiger partial charge in [-0.2, -0.15) is 0 Å². The molecule has 0 aromatic heterocycles. The van der Waals surface area contributed by atoms with Gasteiger partial charge >= 0.3 is 6.03 Å². The van der Waals surface area contributed by atoms with Crippen LogP contribution in [0.25, 0.3) is 0 Å². The van der Waals surface area contributed by atoms with E-state index in [0.29, 0.717) is 31.0 Å². The van der Waals surface area contributed by atoms with Crippen LogP contribution in [0.3, 0.4) is 0 Å². The summed E-state index contributed by atoms with van der Waals surface area (Å²) in [5, 5.41) is 5.69. The van der Waals surface area contributed by atoms with E-state index in [4.69, 9.17) is 11.6 Å². The van der Waals surface area contributed by atoms with Crippen LogP contribution in [0.4, 0.5) is 4.79 Å². The normalized spacial score (nSPS) is 27.8. The van der Waals surface area contributed by atoms with E-state index in [9.17, 15) is 14.4 Å². The van der Waals surface area contributed by atoms with Gasteiger partial charge in [0, 0.05) is 24.0 Å². The number of hydrogen-bond acceptors (Lipinski definition) is 3. The Labute approximate surface area is 144 Å².